The molecule has 2 aromatic carbocycles. The number of amides is 1. The van der Waals surface area contributed by atoms with Crippen molar-refractivity contribution >= 4 is 22.8 Å². The molecule has 1 N–H and O–H groups in total. The zero-order chi connectivity index (χ0) is 26.1. The molecule has 202 valence electrons. The summed E-state index contributed by atoms with van der Waals surface area (Å²) < 4.78 is 14.3. The van der Waals surface area contributed by atoms with E-state index in [2.05, 4.69) is 59.3 Å². The Kier molecular flexibility index (Phi) is 7.39. The molecule has 0 bridgehead atoms. The number of aromatic nitrogens is 2. The smallest absolute Gasteiger partial charge is 0.414 e. The quantitative estimate of drug-likeness (QED) is 0.465. The Labute approximate surface area is 225 Å². The third-order valence-corrected chi connectivity index (χ3v) is 8.74. The summed E-state index contributed by atoms with van der Waals surface area (Å²) in [5.74, 6) is 1.11. The normalized spacial score (nSPS) is 24.4. The van der Waals surface area contributed by atoms with E-state index in [4.69, 9.17) is 14.5 Å². The standard InChI is InChI=1S/C31H40N4O3/c1-21-11-12-26-27(34(21)31(36)37-2)13-14-28-30(26)33-29(19-22-7-4-3-5-8-22)35(28)23-9-6-10-25(20-23)38-24-15-17-32-18-16-24/h3-5,7-8,13-14,21,23-25,32H,6,9-12,15-20H2,1-2H3/t21-,23-,25-/m0/s1. The number of carbonyl (C=O) groups excluding carboxylic acids is 1. The minimum atomic E-state index is -0.299. The predicted octanol–water partition coefficient (Wildman–Crippen LogP) is 5.79. The summed E-state index contributed by atoms with van der Waals surface area (Å²) in [4.78, 5) is 19.8. The summed E-state index contributed by atoms with van der Waals surface area (Å²) in [5, 5.41) is 3.45. The highest BCUT2D eigenvalue weighted by atomic mass is 16.5. The fourth-order valence-corrected chi connectivity index (χ4v) is 6.82. The van der Waals surface area contributed by atoms with Crippen molar-refractivity contribution in [3.05, 3.63) is 59.4 Å². The van der Waals surface area contributed by atoms with Crippen molar-refractivity contribution in [3.63, 3.8) is 0 Å². The maximum Gasteiger partial charge on any atom is 0.414 e. The molecule has 0 unspecified atom stereocenters. The SMILES string of the molecule is COC(=O)N1c2ccc3c(nc(Cc4ccccc4)n3[C@H]3CCC[C@H](OC4CCNCC4)C3)c2CC[C@@H]1C. The zero-order valence-corrected chi connectivity index (χ0v) is 22.7. The number of hydrogen-bond donors (Lipinski definition) is 1. The second-order valence-electron chi connectivity index (χ2n) is 11.2. The van der Waals surface area contributed by atoms with Gasteiger partial charge >= 0.3 is 6.09 Å². The van der Waals surface area contributed by atoms with Crippen molar-refractivity contribution in [1.29, 1.82) is 0 Å². The van der Waals surface area contributed by atoms with E-state index >= 15 is 0 Å². The third kappa shape index (κ3) is 4.94. The van der Waals surface area contributed by atoms with Crippen LogP contribution in [0.5, 0.6) is 0 Å². The Hall–Kier alpha value is -2.90. The van der Waals surface area contributed by atoms with E-state index in [0.717, 1.165) is 87.0 Å². The van der Waals surface area contributed by atoms with Gasteiger partial charge in [-0.3, -0.25) is 4.90 Å². The Morgan fingerprint density at radius 2 is 1.84 bits per heavy atom. The van der Waals surface area contributed by atoms with Gasteiger partial charge in [-0.1, -0.05) is 30.3 Å². The highest BCUT2D eigenvalue weighted by Crippen LogP contribution is 2.40. The molecular formula is C31H40N4O3. The van der Waals surface area contributed by atoms with Crippen molar-refractivity contribution < 1.29 is 14.3 Å². The molecule has 7 nitrogen and oxygen atoms in total. The Morgan fingerprint density at radius 1 is 1.03 bits per heavy atom. The van der Waals surface area contributed by atoms with Gasteiger partial charge < -0.3 is 19.4 Å². The van der Waals surface area contributed by atoms with E-state index in [1.807, 2.05) is 0 Å². The summed E-state index contributed by atoms with van der Waals surface area (Å²) in [6, 6.07) is 15.4. The second-order valence-corrected chi connectivity index (χ2v) is 11.2. The van der Waals surface area contributed by atoms with Crippen LogP contribution < -0.4 is 10.2 Å². The summed E-state index contributed by atoms with van der Waals surface area (Å²) in [5.41, 5.74) is 5.59. The lowest BCUT2D eigenvalue weighted by molar-refractivity contribution is -0.0499. The molecule has 2 aliphatic heterocycles. The number of fused-ring (bicyclic) bond motifs is 3. The first-order valence-electron chi connectivity index (χ1n) is 14.4. The first-order chi connectivity index (χ1) is 18.6. The van der Waals surface area contributed by atoms with Crippen molar-refractivity contribution in [2.75, 3.05) is 25.1 Å². The van der Waals surface area contributed by atoms with Crippen LogP contribution in [0, 0.1) is 0 Å². The second kappa shape index (κ2) is 11.1. The molecule has 1 aromatic heterocycles. The van der Waals surface area contributed by atoms with E-state index < -0.39 is 0 Å². The van der Waals surface area contributed by atoms with Crippen molar-refractivity contribution in [2.24, 2.45) is 0 Å². The molecule has 1 aliphatic carbocycles. The van der Waals surface area contributed by atoms with E-state index in [1.54, 1.807) is 4.90 Å². The number of nitrogens with one attached hydrogen (secondary N) is 1. The maximum absolute atomic E-state index is 12.7. The maximum atomic E-state index is 12.7. The average Bonchev–Trinajstić information content (AvgIpc) is 3.32. The van der Waals surface area contributed by atoms with Gasteiger partial charge in [-0.25, -0.2) is 9.78 Å². The molecule has 0 spiro atoms. The van der Waals surface area contributed by atoms with Gasteiger partial charge in [-0.15, -0.1) is 0 Å². The van der Waals surface area contributed by atoms with Gasteiger partial charge in [-0.05, 0) is 89.1 Å². The van der Waals surface area contributed by atoms with Crippen LogP contribution in [0.4, 0.5) is 10.5 Å². The molecule has 1 saturated carbocycles. The summed E-state index contributed by atoms with van der Waals surface area (Å²) in [6.45, 7) is 4.20. The zero-order valence-electron chi connectivity index (χ0n) is 22.7. The minimum Gasteiger partial charge on any atom is -0.452 e. The largest absolute Gasteiger partial charge is 0.452 e. The van der Waals surface area contributed by atoms with Gasteiger partial charge in [0, 0.05) is 24.1 Å². The third-order valence-electron chi connectivity index (χ3n) is 8.74. The molecule has 38 heavy (non-hydrogen) atoms. The molecule has 1 saturated heterocycles. The van der Waals surface area contributed by atoms with Gasteiger partial charge in [0.2, 0.25) is 0 Å². The topological polar surface area (TPSA) is 68.6 Å². The number of piperidine rings is 1. The number of nitrogens with zero attached hydrogens (tertiary/aromatic N) is 3. The molecule has 3 aromatic rings. The number of benzene rings is 2. The van der Waals surface area contributed by atoms with Crippen molar-refractivity contribution in [1.82, 2.24) is 14.9 Å². The summed E-state index contributed by atoms with van der Waals surface area (Å²) in [7, 11) is 1.46. The average molecular weight is 517 g/mol. The molecule has 3 aliphatic rings. The van der Waals surface area contributed by atoms with E-state index in [0.29, 0.717) is 18.2 Å². The molecule has 6 rings (SSSR count). The number of methoxy groups -OCH3 is 1. The monoisotopic (exact) mass is 516 g/mol. The van der Waals surface area contributed by atoms with E-state index in [-0.39, 0.29) is 12.1 Å². The fourth-order valence-electron chi connectivity index (χ4n) is 6.82. The molecular weight excluding hydrogens is 476 g/mol. The minimum absolute atomic E-state index is 0.101. The van der Waals surface area contributed by atoms with E-state index in [1.165, 1.54) is 24.6 Å². The summed E-state index contributed by atoms with van der Waals surface area (Å²) >= 11 is 0. The molecule has 1 amide bonds. The van der Waals surface area contributed by atoms with Crippen LogP contribution in [0.25, 0.3) is 11.0 Å². The Morgan fingerprint density at radius 3 is 2.63 bits per heavy atom. The Balaban J connectivity index is 1.39. The lowest BCUT2D eigenvalue weighted by Crippen LogP contribution is -2.42. The fraction of sp³-hybridized carbons (Fsp3) is 0.548. The number of aryl methyl sites for hydroxylation is 1. The number of anilines is 1. The van der Waals surface area contributed by atoms with Crippen molar-refractivity contribution in [2.45, 2.75) is 89.0 Å². The summed E-state index contributed by atoms with van der Waals surface area (Å²) in [6.07, 6.45) is 9.67. The number of imidazole rings is 1. The number of carbonyl (C=O) groups is 1. The highest BCUT2D eigenvalue weighted by molar-refractivity contribution is 5.95. The number of hydrogen-bond acceptors (Lipinski definition) is 5. The lowest BCUT2D eigenvalue weighted by Gasteiger charge is -2.35. The van der Waals surface area contributed by atoms with Crippen LogP contribution in [-0.2, 0) is 22.3 Å². The molecule has 7 heteroatoms. The number of rotatable bonds is 5. The molecule has 2 fully saturated rings. The number of ether oxygens (including phenoxy) is 2. The first-order valence-corrected chi connectivity index (χ1v) is 14.4. The van der Waals surface area contributed by atoms with Gasteiger partial charge in [-0.2, -0.15) is 0 Å². The van der Waals surface area contributed by atoms with Gasteiger partial charge in [0.25, 0.3) is 0 Å². The van der Waals surface area contributed by atoms with Crippen LogP contribution in [-0.4, -0.2) is 54.1 Å². The highest BCUT2D eigenvalue weighted by Gasteiger charge is 2.33. The van der Waals surface area contributed by atoms with Gasteiger partial charge in [0.05, 0.1) is 36.0 Å². The molecule has 3 atom stereocenters. The predicted molar refractivity (Wildman–Crippen MR) is 150 cm³/mol. The lowest BCUT2D eigenvalue weighted by atomic mass is 9.91. The van der Waals surface area contributed by atoms with Crippen molar-refractivity contribution in [3.8, 4) is 0 Å². The van der Waals surface area contributed by atoms with Crippen LogP contribution in [0.2, 0.25) is 0 Å². The molecule has 0 radical (unpaired) electrons. The van der Waals surface area contributed by atoms with Gasteiger partial charge in [0.15, 0.2) is 0 Å². The Bertz CT molecular complexity index is 1270. The molecule has 3 heterocycles. The van der Waals surface area contributed by atoms with Crippen LogP contribution >= 0.6 is 0 Å². The van der Waals surface area contributed by atoms with E-state index in [9.17, 15) is 4.79 Å². The van der Waals surface area contributed by atoms with Crippen LogP contribution in [0.15, 0.2) is 42.5 Å². The first kappa shape index (κ1) is 25.4. The van der Waals surface area contributed by atoms with Crippen LogP contribution in [0.1, 0.15) is 74.9 Å². The van der Waals surface area contributed by atoms with Crippen LogP contribution in [0.3, 0.4) is 0 Å². The van der Waals surface area contributed by atoms with Gasteiger partial charge in [0.1, 0.15) is 5.82 Å².